The van der Waals surface area contributed by atoms with Gasteiger partial charge in [0.2, 0.25) is 0 Å². The van der Waals surface area contributed by atoms with Gasteiger partial charge >= 0.3 is 0 Å². The fraction of sp³-hybridized carbons (Fsp3) is 0.381. The van der Waals surface area contributed by atoms with E-state index in [-0.39, 0.29) is 66.5 Å². The van der Waals surface area contributed by atoms with Gasteiger partial charge in [-0.15, -0.1) is 11.3 Å². The van der Waals surface area contributed by atoms with Crippen LogP contribution in [0.3, 0.4) is 0 Å². The van der Waals surface area contributed by atoms with Crippen LogP contribution in [0.1, 0.15) is 293 Å². The van der Waals surface area contributed by atoms with E-state index in [1.807, 2.05) is 61.6 Å². The van der Waals surface area contributed by atoms with Gasteiger partial charge in [-0.2, -0.15) is 0 Å². The van der Waals surface area contributed by atoms with Gasteiger partial charge in [0.15, 0.2) is 0 Å². The number of aryl methyl sites for hydroxylation is 2. The van der Waals surface area contributed by atoms with E-state index in [1.165, 1.54) is 122 Å². The largest absolute Gasteiger partial charge is 0.350 e. The average Bonchev–Trinajstić information content (AvgIpc) is 1.64. The minimum Gasteiger partial charge on any atom is -0.350 e. The molecular formula is C126H156N7O4PS. The van der Waals surface area contributed by atoms with E-state index in [9.17, 15) is 18.9 Å². The molecule has 6 heterocycles. The van der Waals surface area contributed by atoms with Crippen molar-refractivity contribution >= 4 is 117 Å². The number of aromatic nitrogens is 4. The number of amides is 3. The Balaban J connectivity index is 0.000000150. The molecule has 11 nitrogen and oxygen atoms in total. The zero-order valence-corrected chi connectivity index (χ0v) is 91.3. The van der Waals surface area contributed by atoms with Crippen LogP contribution in [-0.4, -0.2) is 98.6 Å². The monoisotopic (exact) mass is 1890 g/mol. The molecular weight excluding hydrogens is 1740 g/mol. The molecule has 16 aromatic rings. The van der Waals surface area contributed by atoms with Gasteiger partial charge in [-0.1, -0.05) is 399 Å². The van der Waals surface area contributed by atoms with E-state index in [0.717, 1.165) is 52.4 Å². The Bertz CT molecular complexity index is 6840. The van der Waals surface area contributed by atoms with Crippen molar-refractivity contribution in [2.75, 3.05) is 40.6 Å². The Labute approximate surface area is 836 Å². The first kappa shape index (κ1) is 108. The fourth-order valence-electron chi connectivity index (χ4n) is 17.6. The van der Waals surface area contributed by atoms with Crippen molar-refractivity contribution in [1.29, 1.82) is 0 Å². The summed E-state index contributed by atoms with van der Waals surface area (Å²) in [6.45, 7) is 64.5. The number of hydrogen-bond donors (Lipinski definition) is 0. The molecule has 0 atom stereocenters. The fourth-order valence-corrected chi connectivity index (χ4v) is 19.2. The predicted molar refractivity (Wildman–Crippen MR) is 600 cm³/mol. The summed E-state index contributed by atoms with van der Waals surface area (Å²) in [6.07, 6.45) is 10.3. The lowest BCUT2D eigenvalue weighted by Gasteiger charge is -2.26. The molecule has 1 saturated carbocycles. The molecule has 730 valence electrons. The molecule has 3 aliphatic rings. The highest BCUT2D eigenvalue weighted by Gasteiger charge is 2.38. The van der Waals surface area contributed by atoms with E-state index >= 15 is 0 Å². The van der Waals surface area contributed by atoms with E-state index < -0.39 is 7.14 Å². The van der Waals surface area contributed by atoms with Crippen molar-refractivity contribution in [3.8, 4) is 0 Å². The second-order valence-electron chi connectivity index (χ2n) is 47.5. The van der Waals surface area contributed by atoms with Gasteiger partial charge in [0.05, 0.1) is 50.1 Å². The molecule has 12 aromatic carbocycles. The van der Waals surface area contributed by atoms with Crippen LogP contribution in [0, 0.1) is 0 Å². The summed E-state index contributed by atoms with van der Waals surface area (Å²) < 4.78 is 15.6. The van der Waals surface area contributed by atoms with Gasteiger partial charge < -0.3 is 23.8 Å². The average molecular weight is 1900 g/mol. The van der Waals surface area contributed by atoms with E-state index in [4.69, 9.17) is 0 Å². The van der Waals surface area contributed by atoms with Crippen molar-refractivity contribution < 1.29 is 18.9 Å². The van der Waals surface area contributed by atoms with Crippen LogP contribution in [0.4, 0.5) is 0 Å². The van der Waals surface area contributed by atoms with Crippen LogP contribution in [-0.2, 0) is 66.8 Å². The van der Waals surface area contributed by atoms with Gasteiger partial charge in [-0.05, 0) is 230 Å². The number of fused-ring (bicyclic) bond motifs is 9. The number of nitrogens with zero attached hydrogens (tertiary/aromatic N) is 7. The molecule has 0 saturated heterocycles. The Morgan fingerprint density at radius 3 is 1.36 bits per heavy atom. The smallest absolute Gasteiger partial charge is 0.256 e. The molecule has 1 aliphatic carbocycles. The maximum atomic E-state index is 12.9. The summed E-state index contributed by atoms with van der Waals surface area (Å²) in [7, 11) is 3.37. The van der Waals surface area contributed by atoms with E-state index in [2.05, 4.69) is 449 Å². The van der Waals surface area contributed by atoms with Gasteiger partial charge in [-0.3, -0.25) is 24.4 Å². The standard InChI is InChI=1S/C17H23NO.C16H21OP.C15H20N2O2.2C14H16.C13H17N.2C13H15N.C11H13NS/c1-17(2,3)14-8-4-6-12-7-5-11-18(13-9-10-13)16(19)15(12)14;1-16(2,3)14-8-6-12-7-9-15(18(4,5)17)11-13(12)10-14;1-15(2,3)11-8-6-7-10-12(11)14(19)17(5)9-16(4)13(10)18;1-14(2,3)13-10-6-8-11-7-4-5-9-12(11)13;1-14(2,3)13-9-8-11-6-4-5-7-12(11)10-13;1-13(2,3)11-7-5-6-10-8-9-14(4)12(10)11;1-13(2,3)11-8-4-6-10-7-5-9-14-12(10)11;1-13(2,3)11-7-6-10-5-4-8-14-12(10)9-11;1-11(2,3)8-4-5-10-9(6-8)12-7-13-10/h4,6,8,13H,5,7,9-11H2,1-3H3;6-11H,1-5H3;6-8H,9H2,1-5H3;2*4-10H,1-3H3;5-9H,1-4H3;2*4-9H,1-3H3;4-7H,1-3H3. The Morgan fingerprint density at radius 2 is 0.784 bits per heavy atom. The molecule has 0 radical (unpaired) electrons. The molecule has 0 bridgehead atoms. The molecule has 4 aromatic heterocycles. The highest BCUT2D eigenvalue weighted by atomic mass is 32.1. The lowest BCUT2D eigenvalue weighted by atomic mass is 9.81. The molecule has 3 amide bonds. The number of carbonyl (C=O) groups excluding carboxylic acids is 3. The maximum Gasteiger partial charge on any atom is 0.256 e. The molecule has 2 aliphatic heterocycles. The molecule has 0 unspecified atom stereocenters. The number of hydrogen-bond acceptors (Lipinski definition) is 8. The maximum absolute atomic E-state index is 12.9. The molecule has 1 fully saturated rings. The normalized spacial score (nSPS) is 13.9. The highest BCUT2D eigenvalue weighted by Crippen LogP contribution is 2.41. The molecule has 13 heteroatoms. The summed E-state index contributed by atoms with van der Waals surface area (Å²) in [5.41, 5.74) is 22.8. The highest BCUT2D eigenvalue weighted by molar-refractivity contribution is 7.70. The molecule has 0 N–H and O–H groups in total. The number of thiazole rings is 1. The zero-order chi connectivity index (χ0) is 102. The molecule has 0 spiro atoms. The molecule has 19 rings (SSSR count). The lowest BCUT2D eigenvalue weighted by molar-refractivity contribution is 0.0650. The lowest BCUT2D eigenvalue weighted by Crippen LogP contribution is -2.36. The van der Waals surface area contributed by atoms with Crippen molar-refractivity contribution in [1.82, 2.24) is 34.2 Å². The second-order valence-corrected chi connectivity index (χ2v) is 51.6. The van der Waals surface area contributed by atoms with Crippen LogP contribution >= 0.6 is 18.5 Å². The topological polar surface area (TPSA) is 122 Å². The zero-order valence-electron chi connectivity index (χ0n) is 89.6. The molecule has 139 heavy (non-hydrogen) atoms. The van der Waals surface area contributed by atoms with Crippen LogP contribution in [0.5, 0.6) is 0 Å². The third kappa shape index (κ3) is 28.2. The number of pyridine rings is 2. The minimum absolute atomic E-state index is 0.0283. The number of benzene rings is 12. The second kappa shape index (κ2) is 43.6. The Morgan fingerprint density at radius 1 is 0.345 bits per heavy atom. The van der Waals surface area contributed by atoms with Crippen LogP contribution < -0.4 is 5.30 Å². The first-order valence-corrected chi connectivity index (χ1v) is 53.0. The van der Waals surface area contributed by atoms with Crippen molar-refractivity contribution in [2.24, 2.45) is 7.05 Å². The predicted octanol–water partition coefficient (Wildman–Crippen LogP) is 32.4. The Kier molecular flexibility index (Phi) is 33.8. The van der Waals surface area contributed by atoms with Crippen molar-refractivity contribution in [3.63, 3.8) is 0 Å². The summed E-state index contributed by atoms with van der Waals surface area (Å²) in [5, 5.41) is 12.5. The number of carbonyl (C=O) groups is 3. The third-order valence-corrected chi connectivity index (χ3v) is 28.4. The summed E-state index contributed by atoms with van der Waals surface area (Å²) >= 11 is 1.70. The van der Waals surface area contributed by atoms with Crippen molar-refractivity contribution in [2.45, 2.75) is 267 Å². The van der Waals surface area contributed by atoms with Crippen LogP contribution in [0.2, 0.25) is 0 Å². The summed E-state index contributed by atoms with van der Waals surface area (Å²) in [5.74, 6) is 0.0950. The SMILES string of the molecule is CC(C)(C)c1ccc2ccc(P(C)(C)=O)cc2c1.CC(C)(C)c1ccc2ccccc2c1.CC(C)(C)c1ccc2cccnc2c1.CC(C)(C)c1ccc2scnc2c1.CC(C)(C)c1cccc2c1C(=O)N(C1CC1)CCC2.CC(C)(C)c1cccc2ccccc12.CC(C)(C)c1cccc2cccnc12.CN1CN(C)C(=O)c2c(cccc2C(C)(C)C)C1=O.Cn1ccc2cccc(C(C)(C)C)c21. The first-order valence-electron chi connectivity index (χ1n) is 49.5. The third-order valence-electron chi connectivity index (χ3n) is 26.0. The number of para-hydroxylation sites is 2. The quantitative estimate of drug-likeness (QED) is 0.158. The minimum atomic E-state index is -2.18. The van der Waals surface area contributed by atoms with Gasteiger partial charge in [-0.25, -0.2) is 4.98 Å². The summed E-state index contributed by atoms with van der Waals surface area (Å²) in [6, 6.07) is 91.7. The number of rotatable bonds is 2. The van der Waals surface area contributed by atoms with Gasteiger partial charge in [0.1, 0.15) is 7.14 Å². The summed E-state index contributed by atoms with van der Waals surface area (Å²) in [4.78, 5) is 56.2. The van der Waals surface area contributed by atoms with Gasteiger partial charge in [0, 0.05) is 74.0 Å². The van der Waals surface area contributed by atoms with Gasteiger partial charge in [0.25, 0.3) is 17.7 Å². The van der Waals surface area contributed by atoms with Crippen LogP contribution in [0.15, 0.2) is 285 Å². The van der Waals surface area contributed by atoms with Crippen molar-refractivity contribution in [3.05, 3.63) is 357 Å². The Hall–Kier alpha value is -11.7. The first-order chi connectivity index (χ1) is 64.8. The van der Waals surface area contributed by atoms with Crippen LogP contribution in [0.25, 0.3) is 75.2 Å². The van der Waals surface area contributed by atoms with E-state index in [1.54, 1.807) is 41.3 Å². The van der Waals surface area contributed by atoms with E-state index in [0.29, 0.717) is 23.8 Å².